The summed E-state index contributed by atoms with van der Waals surface area (Å²) in [6.07, 6.45) is 5.49. The number of halogens is 1. The third-order valence-corrected chi connectivity index (χ3v) is 3.31. The molecule has 0 aliphatic heterocycles. The van der Waals surface area contributed by atoms with Crippen LogP contribution >= 0.6 is 11.6 Å². The van der Waals surface area contributed by atoms with E-state index in [2.05, 4.69) is 15.5 Å². The maximum atomic E-state index is 5.97. The highest BCUT2D eigenvalue weighted by Crippen LogP contribution is 2.24. The zero-order valence-electron chi connectivity index (χ0n) is 10.9. The maximum Gasteiger partial charge on any atom is 0.0738 e. The second-order valence-electron chi connectivity index (χ2n) is 4.43. The summed E-state index contributed by atoms with van der Waals surface area (Å²) in [6.45, 7) is 0. The number of nitrogens with one attached hydrogen (secondary N) is 1. The number of nitrogens with zero attached hydrogens (tertiary/aromatic N) is 3. The van der Waals surface area contributed by atoms with Crippen LogP contribution in [0.15, 0.2) is 53.9 Å². The van der Waals surface area contributed by atoms with E-state index < -0.39 is 0 Å². The highest BCUT2D eigenvalue weighted by Gasteiger charge is 2.01. The fraction of sp³-hybridized carbons (Fsp3) is 0.0667. The number of hydrazone groups is 1. The minimum absolute atomic E-state index is 0.675. The van der Waals surface area contributed by atoms with Gasteiger partial charge in [0.1, 0.15) is 0 Å². The summed E-state index contributed by atoms with van der Waals surface area (Å²) in [4.78, 5) is 4.29. The summed E-state index contributed by atoms with van der Waals surface area (Å²) in [6, 6.07) is 11.5. The Morgan fingerprint density at radius 3 is 3.00 bits per heavy atom. The van der Waals surface area contributed by atoms with Crippen molar-refractivity contribution in [2.45, 2.75) is 0 Å². The van der Waals surface area contributed by atoms with Gasteiger partial charge in [0, 0.05) is 29.9 Å². The number of aromatic nitrogens is 2. The molecule has 0 amide bonds. The molecule has 0 fully saturated rings. The van der Waals surface area contributed by atoms with Crippen molar-refractivity contribution >= 4 is 34.4 Å². The summed E-state index contributed by atoms with van der Waals surface area (Å²) in [7, 11) is 1.98. The predicted molar refractivity (Wildman–Crippen MR) is 83.4 cm³/mol. The molecule has 0 atom stereocenters. The SMILES string of the molecule is Cn1cccc1/C=N/Nc1ccnc2cc(Cl)ccc12. The first-order valence-electron chi connectivity index (χ1n) is 6.19. The van der Waals surface area contributed by atoms with Crippen molar-refractivity contribution in [2.24, 2.45) is 12.1 Å². The second kappa shape index (κ2) is 5.35. The van der Waals surface area contributed by atoms with Gasteiger partial charge in [0.2, 0.25) is 0 Å². The molecule has 100 valence electrons. The molecule has 5 heteroatoms. The summed E-state index contributed by atoms with van der Waals surface area (Å²) in [5.41, 5.74) is 5.82. The second-order valence-corrected chi connectivity index (χ2v) is 4.87. The fourth-order valence-electron chi connectivity index (χ4n) is 2.00. The molecule has 4 nitrogen and oxygen atoms in total. The number of pyridine rings is 1. The highest BCUT2D eigenvalue weighted by molar-refractivity contribution is 6.31. The monoisotopic (exact) mass is 284 g/mol. The van der Waals surface area contributed by atoms with E-state index >= 15 is 0 Å². The molecule has 3 rings (SSSR count). The smallest absolute Gasteiger partial charge is 0.0738 e. The van der Waals surface area contributed by atoms with E-state index in [0.717, 1.165) is 22.3 Å². The van der Waals surface area contributed by atoms with Crippen molar-refractivity contribution in [2.75, 3.05) is 5.43 Å². The van der Waals surface area contributed by atoms with Gasteiger partial charge in [0.25, 0.3) is 0 Å². The Kier molecular flexibility index (Phi) is 3.39. The average Bonchev–Trinajstić information content (AvgIpc) is 2.84. The lowest BCUT2D eigenvalue weighted by molar-refractivity contribution is 0.918. The molecule has 0 saturated heterocycles. The van der Waals surface area contributed by atoms with Crippen molar-refractivity contribution in [3.63, 3.8) is 0 Å². The van der Waals surface area contributed by atoms with Gasteiger partial charge in [-0.15, -0.1) is 0 Å². The van der Waals surface area contributed by atoms with Gasteiger partial charge in [-0.1, -0.05) is 11.6 Å². The first-order valence-corrected chi connectivity index (χ1v) is 6.56. The summed E-state index contributed by atoms with van der Waals surface area (Å²) >= 11 is 5.97. The molecule has 0 bridgehead atoms. The topological polar surface area (TPSA) is 42.2 Å². The largest absolute Gasteiger partial charge is 0.350 e. The molecule has 0 radical (unpaired) electrons. The lowest BCUT2D eigenvalue weighted by Crippen LogP contribution is -1.96. The molecule has 3 aromatic rings. The normalized spacial score (nSPS) is 11.3. The number of hydrogen-bond donors (Lipinski definition) is 1. The molecule has 0 aliphatic carbocycles. The first kappa shape index (κ1) is 12.7. The molecular weight excluding hydrogens is 272 g/mol. The molecule has 0 saturated carbocycles. The molecule has 0 unspecified atom stereocenters. The van der Waals surface area contributed by atoms with E-state index in [0.29, 0.717) is 5.02 Å². The standard InChI is InChI=1S/C15H13ClN4/c1-20-8-2-3-12(20)10-18-19-14-6-7-17-15-9-11(16)4-5-13(14)15/h2-10H,1H3,(H,17,19)/b18-10+. The predicted octanol–water partition coefficient (Wildman–Crippen LogP) is 3.67. The van der Waals surface area contributed by atoms with E-state index in [1.807, 2.05) is 54.2 Å². The van der Waals surface area contributed by atoms with Gasteiger partial charge in [-0.05, 0) is 36.4 Å². The summed E-state index contributed by atoms with van der Waals surface area (Å²) in [5, 5.41) is 5.92. The molecule has 0 aliphatic rings. The lowest BCUT2D eigenvalue weighted by atomic mass is 10.2. The van der Waals surface area contributed by atoms with Gasteiger partial charge in [-0.2, -0.15) is 5.10 Å². The number of fused-ring (bicyclic) bond motifs is 1. The van der Waals surface area contributed by atoms with Crippen LogP contribution in [0.5, 0.6) is 0 Å². The summed E-state index contributed by atoms with van der Waals surface area (Å²) in [5.74, 6) is 0. The minimum Gasteiger partial charge on any atom is -0.350 e. The van der Waals surface area contributed by atoms with Gasteiger partial charge in [-0.25, -0.2) is 0 Å². The molecule has 1 N–H and O–H groups in total. The third-order valence-electron chi connectivity index (χ3n) is 3.07. The van der Waals surface area contributed by atoms with Gasteiger partial charge in [0.15, 0.2) is 0 Å². The van der Waals surface area contributed by atoms with E-state index in [4.69, 9.17) is 11.6 Å². The van der Waals surface area contributed by atoms with Crippen LogP contribution in [0.3, 0.4) is 0 Å². The van der Waals surface area contributed by atoms with E-state index in [1.54, 1.807) is 12.4 Å². The van der Waals surface area contributed by atoms with Crippen molar-refractivity contribution in [1.82, 2.24) is 9.55 Å². The third kappa shape index (κ3) is 2.51. The number of benzene rings is 1. The Morgan fingerprint density at radius 1 is 1.30 bits per heavy atom. The van der Waals surface area contributed by atoms with Crippen LogP contribution in [-0.4, -0.2) is 15.8 Å². The van der Waals surface area contributed by atoms with Crippen LogP contribution in [0.2, 0.25) is 5.02 Å². The Labute approximate surface area is 121 Å². The molecule has 2 heterocycles. The van der Waals surface area contributed by atoms with Gasteiger partial charge in [-0.3, -0.25) is 10.4 Å². The minimum atomic E-state index is 0.675. The number of rotatable bonds is 3. The van der Waals surface area contributed by atoms with Crippen LogP contribution in [0.4, 0.5) is 5.69 Å². The maximum absolute atomic E-state index is 5.97. The Morgan fingerprint density at radius 2 is 2.20 bits per heavy atom. The average molecular weight is 285 g/mol. The first-order chi connectivity index (χ1) is 9.74. The van der Waals surface area contributed by atoms with Crippen molar-refractivity contribution in [3.8, 4) is 0 Å². The highest BCUT2D eigenvalue weighted by atomic mass is 35.5. The lowest BCUT2D eigenvalue weighted by Gasteiger charge is -2.05. The number of hydrogen-bond acceptors (Lipinski definition) is 3. The van der Waals surface area contributed by atoms with Crippen LogP contribution in [0.25, 0.3) is 10.9 Å². The zero-order chi connectivity index (χ0) is 13.9. The fourth-order valence-corrected chi connectivity index (χ4v) is 2.16. The van der Waals surface area contributed by atoms with Crippen LogP contribution in [0.1, 0.15) is 5.69 Å². The van der Waals surface area contributed by atoms with E-state index in [1.165, 1.54) is 0 Å². The number of aryl methyl sites for hydroxylation is 1. The van der Waals surface area contributed by atoms with Crippen LogP contribution in [0, 0.1) is 0 Å². The summed E-state index contributed by atoms with van der Waals surface area (Å²) < 4.78 is 2.00. The molecule has 2 aromatic heterocycles. The Bertz CT molecular complexity index is 776. The Hall–Kier alpha value is -2.33. The van der Waals surface area contributed by atoms with Crippen molar-refractivity contribution in [1.29, 1.82) is 0 Å². The van der Waals surface area contributed by atoms with Crippen molar-refractivity contribution in [3.05, 3.63) is 59.5 Å². The van der Waals surface area contributed by atoms with Gasteiger partial charge in [0.05, 0.1) is 23.1 Å². The molecule has 1 aromatic carbocycles. The van der Waals surface area contributed by atoms with Crippen molar-refractivity contribution < 1.29 is 0 Å². The quantitative estimate of drug-likeness (QED) is 0.589. The van der Waals surface area contributed by atoms with Gasteiger partial charge < -0.3 is 4.57 Å². The Balaban J connectivity index is 1.88. The van der Waals surface area contributed by atoms with E-state index in [-0.39, 0.29) is 0 Å². The molecule has 20 heavy (non-hydrogen) atoms. The van der Waals surface area contributed by atoms with Gasteiger partial charge >= 0.3 is 0 Å². The van der Waals surface area contributed by atoms with Crippen LogP contribution < -0.4 is 5.43 Å². The van der Waals surface area contributed by atoms with Crippen LogP contribution in [-0.2, 0) is 7.05 Å². The molecule has 0 spiro atoms. The molecular formula is C15H13ClN4. The van der Waals surface area contributed by atoms with E-state index in [9.17, 15) is 0 Å². The number of anilines is 1. The zero-order valence-corrected chi connectivity index (χ0v) is 11.7.